The number of thiophene rings is 1. The molecule has 0 radical (unpaired) electrons. The quantitative estimate of drug-likeness (QED) is 0.456. The SMILES string of the molecule is Cc1nn(Cc2ccccc2)c2sc(C(=O)Nc3ccc(CC(=O)N4CCOCC4)cc3)cc12. The van der Waals surface area contributed by atoms with Crippen LogP contribution in [0.2, 0.25) is 0 Å². The van der Waals surface area contributed by atoms with Crippen LogP contribution in [0.15, 0.2) is 60.7 Å². The van der Waals surface area contributed by atoms with Gasteiger partial charge in [-0.1, -0.05) is 42.5 Å². The Morgan fingerprint density at radius 1 is 1.03 bits per heavy atom. The van der Waals surface area contributed by atoms with Gasteiger partial charge in [0.05, 0.1) is 36.8 Å². The number of morpholine rings is 1. The molecule has 1 saturated heterocycles. The number of carbonyl (C=O) groups excluding carboxylic acids is 2. The monoisotopic (exact) mass is 474 g/mol. The number of amides is 2. The lowest BCUT2D eigenvalue weighted by Gasteiger charge is -2.26. The number of aromatic nitrogens is 2. The molecule has 0 unspecified atom stereocenters. The maximum Gasteiger partial charge on any atom is 0.265 e. The predicted molar refractivity (Wildman–Crippen MR) is 133 cm³/mol. The van der Waals surface area contributed by atoms with Gasteiger partial charge in [0.1, 0.15) is 4.83 Å². The normalized spacial score (nSPS) is 13.9. The van der Waals surface area contributed by atoms with Gasteiger partial charge in [-0.05, 0) is 36.2 Å². The smallest absolute Gasteiger partial charge is 0.265 e. The molecule has 7 nitrogen and oxygen atoms in total. The van der Waals surface area contributed by atoms with Crippen molar-refractivity contribution in [3.8, 4) is 0 Å². The zero-order chi connectivity index (χ0) is 23.5. The molecule has 174 valence electrons. The summed E-state index contributed by atoms with van der Waals surface area (Å²) in [6.45, 7) is 5.11. The van der Waals surface area contributed by atoms with Gasteiger partial charge in [-0.25, -0.2) is 0 Å². The third-order valence-corrected chi connectivity index (χ3v) is 7.08. The first kappa shape index (κ1) is 22.3. The highest BCUT2D eigenvalue weighted by molar-refractivity contribution is 7.20. The summed E-state index contributed by atoms with van der Waals surface area (Å²) in [4.78, 5) is 28.8. The van der Waals surface area contributed by atoms with E-state index in [4.69, 9.17) is 4.74 Å². The number of fused-ring (bicyclic) bond motifs is 1. The fourth-order valence-electron chi connectivity index (χ4n) is 4.09. The second-order valence-corrected chi connectivity index (χ2v) is 9.41. The van der Waals surface area contributed by atoms with E-state index < -0.39 is 0 Å². The number of hydrogen-bond acceptors (Lipinski definition) is 5. The van der Waals surface area contributed by atoms with Gasteiger partial charge in [-0.3, -0.25) is 14.3 Å². The summed E-state index contributed by atoms with van der Waals surface area (Å²) >= 11 is 1.45. The Morgan fingerprint density at radius 3 is 2.50 bits per heavy atom. The third kappa shape index (κ3) is 4.88. The number of hydrogen-bond donors (Lipinski definition) is 1. The van der Waals surface area contributed by atoms with Crippen molar-refractivity contribution in [2.75, 3.05) is 31.6 Å². The number of ether oxygens (including phenoxy) is 1. The van der Waals surface area contributed by atoms with Gasteiger partial charge in [-0.15, -0.1) is 11.3 Å². The molecule has 34 heavy (non-hydrogen) atoms. The predicted octanol–water partition coefficient (Wildman–Crippen LogP) is 4.11. The minimum absolute atomic E-state index is 0.102. The standard InChI is InChI=1S/C26H26N4O3S/c1-18-22-16-23(34-26(22)30(28-18)17-20-5-3-2-4-6-20)25(32)27-21-9-7-19(8-10-21)15-24(31)29-11-13-33-14-12-29/h2-10,16H,11-15,17H2,1H3,(H,27,32). The summed E-state index contributed by atoms with van der Waals surface area (Å²) in [5.74, 6) is -0.0470. The van der Waals surface area contributed by atoms with Gasteiger partial charge >= 0.3 is 0 Å². The molecule has 2 aromatic heterocycles. The molecular weight excluding hydrogens is 448 g/mol. The average molecular weight is 475 g/mol. The fourth-order valence-corrected chi connectivity index (χ4v) is 5.14. The van der Waals surface area contributed by atoms with E-state index >= 15 is 0 Å². The Kier molecular flexibility index (Phi) is 6.42. The van der Waals surface area contributed by atoms with Crippen LogP contribution in [0.5, 0.6) is 0 Å². The van der Waals surface area contributed by atoms with Crippen LogP contribution in [0, 0.1) is 6.92 Å². The summed E-state index contributed by atoms with van der Waals surface area (Å²) < 4.78 is 7.26. The van der Waals surface area contributed by atoms with Crippen molar-refractivity contribution in [3.63, 3.8) is 0 Å². The van der Waals surface area contributed by atoms with Crippen LogP contribution < -0.4 is 5.32 Å². The van der Waals surface area contributed by atoms with E-state index in [1.807, 2.05) is 65.0 Å². The molecule has 2 amide bonds. The molecule has 4 aromatic rings. The van der Waals surface area contributed by atoms with Crippen molar-refractivity contribution >= 4 is 39.1 Å². The van der Waals surface area contributed by atoms with Crippen molar-refractivity contribution in [2.45, 2.75) is 19.9 Å². The number of nitrogens with one attached hydrogen (secondary N) is 1. The van der Waals surface area contributed by atoms with Gasteiger partial charge < -0.3 is 15.0 Å². The Balaban J connectivity index is 1.25. The van der Waals surface area contributed by atoms with Crippen LogP contribution in [0.1, 0.15) is 26.5 Å². The largest absolute Gasteiger partial charge is 0.378 e. The number of aryl methyl sites for hydroxylation is 1. The summed E-state index contributed by atoms with van der Waals surface area (Å²) in [7, 11) is 0. The highest BCUT2D eigenvalue weighted by Crippen LogP contribution is 2.29. The highest BCUT2D eigenvalue weighted by atomic mass is 32.1. The molecule has 1 aliphatic heterocycles. The second-order valence-electron chi connectivity index (χ2n) is 8.38. The third-order valence-electron chi connectivity index (χ3n) is 5.94. The molecular formula is C26H26N4O3S. The molecule has 1 fully saturated rings. The van der Waals surface area contributed by atoms with Crippen molar-refractivity contribution in [3.05, 3.63) is 82.4 Å². The van der Waals surface area contributed by atoms with Crippen molar-refractivity contribution < 1.29 is 14.3 Å². The molecule has 8 heteroatoms. The lowest BCUT2D eigenvalue weighted by molar-refractivity contribution is -0.134. The van der Waals surface area contributed by atoms with Crippen molar-refractivity contribution in [1.29, 1.82) is 0 Å². The number of carbonyl (C=O) groups is 2. The topological polar surface area (TPSA) is 76.5 Å². The molecule has 0 aliphatic carbocycles. The van der Waals surface area contributed by atoms with Crippen LogP contribution in [0.4, 0.5) is 5.69 Å². The zero-order valence-electron chi connectivity index (χ0n) is 19.0. The number of nitrogens with zero attached hydrogens (tertiary/aromatic N) is 3. The van der Waals surface area contributed by atoms with Crippen molar-refractivity contribution in [1.82, 2.24) is 14.7 Å². The Bertz CT molecular complexity index is 1310. The average Bonchev–Trinajstić information content (AvgIpc) is 3.43. The number of benzene rings is 2. The molecule has 0 atom stereocenters. The van der Waals surface area contributed by atoms with E-state index in [0.29, 0.717) is 49.8 Å². The summed E-state index contributed by atoms with van der Waals surface area (Å²) in [6, 6.07) is 19.5. The van der Waals surface area contributed by atoms with E-state index in [-0.39, 0.29) is 11.8 Å². The summed E-state index contributed by atoms with van der Waals surface area (Å²) in [5.41, 5.74) is 3.70. The van der Waals surface area contributed by atoms with E-state index in [2.05, 4.69) is 22.5 Å². The first-order valence-electron chi connectivity index (χ1n) is 11.3. The maximum absolute atomic E-state index is 12.9. The molecule has 1 aliphatic rings. The van der Waals surface area contributed by atoms with E-state index in [0.717, 1.165) is 21.5 Å². The van der Waals surface area contributed by atoms with Gasteiger partial charge in [-0.2, -0.15) is 5.10 Å². The molecule has 1 N–H and O–H groups in total. The summed E-state index contributed by atoms with van der Waals surface area (Å²) in [5, 5.41) is 8.63. The van der Waals surface area contributed by atoms with Gasteiger partial charge in [0.15, 0.2) is 0 Å². The fraction of sp³-hybridized carbons (Fsp3) is 0.269. The Hall–Kier alpha value is -3.49. The van der Waals surface area contributed by atoms with E-state index in [9.17, 15) is 9.59 Å². The van der Waals surface area contributed by atoms with Gasteiger partial charge in [0.2, 0.25) is 5.91 Å². The highest BCUT2D eigenvalue weighted by Gasteiger charge is 2.18. The van der Waals surface area contributed by atoms with Gasteiger partial charge in [0.25, 0.3) is 5.91 Å². The van der Waals surface area contributed by atoms with Crippen LogP contribution in [-0.2, 0) is 22.5 Å². The zero-order valence-corrected chi connectivity index (χ0v) is 19.8. The second kappa shape index (κ2) is 9.79. The summed E-state index contributed by atoms with van der Waals surface area (Å²) in [6.07, 6.45) is 0.349. The van der Waals surface area contributed by atoms with Crippen LogP contribution >= 0.6 is 11.3 Å². The Morgan fingerprint density at radius 2 is 1.76 bits per heavy atom. The number of anilines is 1. The Labute approximate surface area is 201 Å². The van der Waals surface area contributed by atoms with Crippen LogP contribution in [0.25, 0.3) is 10.2 Å². The van der Waals surface area contributed by atoms with E-state index in [1.165, 1.54) is 16.9 Å². The van der Waals surface area contributed by atoms with Crippen LogP contribution in [-0.4, -0.2) is 52.8 Å². The van der Waals surface area contributed by atoms with Crippen molar-refractivity contribution in [2.24, 2.45) is 0 Å². The first-order chi connectivity index (χ1) is 16.6. The number of rotatable bonds is 6. The molecule has 2 aromatic carbocycles. The maximum atomic E-state index is 12.9. The van der Waals surface area contributed by atoms with Crippen LogP contribution in [0.3, 0.4) is 0 Å². The van der Waals surface area contributed by atoms with Gasteiger partial charge in [0, 0.05) is 24.2 Å². The first-order valence-corrected chi connectivity index (χ1v) is 12.1. The molecule has 5 rings (SSSR count). The molecule has 0 bridgehead atoms. The minimum Gasteiger partial charge on any atom is -0.378 e. The molecule has 0 spiro atoms. The molecule has 3 heterocycles. The lowest BCUT2D eigenvalue weighted by Crippen LogP contribution is -2.41. The lowest BCUT2D eigenvalue weighted by atomic mass is 10.1. The minimum atomic E-state index is -0.149. The molecule has 0 saturated carbocycles. The van der Waals surface area contributed by atoms with E-state index in [1.54, 1.807) is 0 Å².